The summed E-state index contributed by atoms with van der Waals surface area (Å²) in [5.74, 6) is 1.25. The molecule has 0 aliphatic heterocycles. The van der Waals surface area contributed by atoms with Crippen LogP contribution in [0.1, 0.15) is 35.4 Å². The summed E-state index contributed by atoms with van der Waals surface area (Å²) < 4.78 is 36.3. The first kappa shape index (κ1) is 22.1. The molecule has 1 saturated carbocycles. The largest absolute Gasteiger partial charge is 0.438 e. The summed E-state index contributed by atoms with van der Waals surface area (Å²) in [5, 5.41) is 3.96. The molecule has 0 saturated heterocycles. The molecule has 2 aromatic heterocycles. The second kappa shape index (κ2) is 8.57. The zero-order valence-electron chi connectivity index (χ0n) is 19.2. The summed E-state index contributed by atoms with van der Waals surface area (Å²) in [7, 11) is -2.27. The molecule has 0 radical (unpaired) electrons. The van der Waals surface area contributed by atoms with Gasteiger partial charge in [0.25, 0.3) is 10.0 Å². The summed E-state index contributed by atoms with van der Waals surface area (Å²) in [5.41, 5.74) is 4.50. The van der Waals surface area contributed by atoms with Gasteiger partial charge >= 0.3 is 0 Å². The third-order valence-electron chi connectivity index (χ3n) is 5.81. The van der Waals surface area contributed by atoms with Crippen molar-refractivity contribution < 1.29 is 13.2 Å². The smallest absolute Gasteiger partial charge is 0.267 e. The van der Waals surface area contributed by atoms with Crippen LogP contribution in [0.5, 0.6) is 11.6 Å². The SMILES string of the molecule is Cc1ccccc1Oc1nc(NS(=O)(=O)c2cnn(C)c2)nc(-c2ccccc2C)c1C1CC1. The molecule has 2 aromatic carbocycles. The second-order valence-electron chi connectivity index (χ2n) is 8.53. The Labute approximate surface area is 198 Å². The van der Waals surface area contributed by atoms with E-state index in [1.54, 1.807) is 7.05 Å². The topological polar surface area (TPSA) is 99.0 Å². The van der Waals surface area contributed by atoms with Gasteiger partial charge in [0.1, 0.15) is 10.6 Å². The van der Waals surface area contributed by atoms with Crippen molar-refractivity contribution in [3.05, 3.63) is 77.6 Å². The Morgan fingerprint density at radius 3 is 2.35 bits per heavy atom. The number of anilines is 1. The third kappa shape index (κ3) is 4.38. The van der Waals surface area contributed by atoms with Crippen molar-refractivity contribution in [3.8, 4) is 22.9 Å². The quantitative estimate of drug-likeness (QED) is 0.405. The Morgan fingerprint density at radius 1 is 1.00 bits per heavy atom. The van der Waals surface area contributed by atoms with Crippen molar-refractivity contribution in [2.24, 2.45) is 7.05 Å². The van der Waals surface area contributed by atoms with Crippen molar-refractivity contribution >= 4 is 16.0 Å². The van der Waals surface area contributed by atoms with Gasteiger partial charge in [-0.15, -0.1) is 0 Å². The molecule has 0 amide bonds. The normalized spacial score (nSPS) is 13.6. The van der Waals surface area contributed by atoms with E-state index in [1.807, 2.05) is 62.4 Å². The lowest BCUT2D eigenvalue weighted by atomic mass is 9.99. The number of nitrogens with one attached hydrogen (secondary N) is 1. The molecule has 174 valence electrons. The molecule has 4 aromatic rings. The van der Waals surface area contributed by atoms with Crippen LogP contribution < -0.4 is 9.46 Å². The molecule has 0 spiro atoms. The number of aromatic nitrogens is 4. The number of sulfonamides is 1. The number of ether oxygens (including phenoxy) is 1. The first-order chi connectivity index (χ1) is 16.3. The van der Waals surface area contributed by atoms with Crippen LogP contribution in [-0.2, 0) is 17.1 Å². The monoisotopic (exact) mass is 475 g/mol. The molecule has 0 bridgehead atoms. The molecule has 2 heterocycles. The summed E-state index contributed by atoms with van der Waals surface area (Å²) in [6, 6.07) is 15.6. The molecule has 0 atom stereocenters. The van der Waals surface area contributed by atoms with Gasteiger partial charge in [0.15, 0.2) is 0 Å². The highest BCUT2D eigenvalue weighted by molar-refractivity contribution is 7.92. The first-order valence-electron chi connectivity index (χ1n) is 11.0. The maximum Gasteiger partial charge on any atom is 0.267 e. The molecular weight excluding hydrogens is 450 g/mol. The minimum atomic E-state index is -3.93. The molecule has 9 heteroatoms. The fourth-order valence-electron chi connectivity index (χ4n) is 3.85. The Kier molecular flexibility index (Phi) is 5.57. The van der Waals surface area contributed by atoms with E-state index in [-0.39, 0.29) is 16.8 Å². The Bertz CT molecular complexity index is 1480. The van der Waals surface area contributed by atoms with E-state index < -0.39 is 10.0 Å². The van der Waals surface area contributed by atoms with Crippen molar-refractivity contribution in [2.45, 2.75) is 37.5 Å². The number of para-hydroxylation sites is 1. The fourth-order valence-corrected chi connectivity index (χ4v) is 4.77. The molecule has 34 heavy (non-hydrogen) atoms. The standard InChI is InChI=1S/C25H25N5O3S/c1-16-8-4-6-10-20(16)23-22(18-12-13-18)24(33-21-11-7-5-9-17(21)2)28-25(27-23)29-34(31,32)19-14-26-30(3)15-19/h4-11,14-15,18H,12-13H2,1-3H3,(H,27,28,29). The predicted octanol–water partition coefficient (Wildman–Crippen LogP) is 4.96. The molecule has 5 rings (SSSR count). The molecular formula is C25H25N5O3S. The number of nitrogens with zero attached hydrogens (tertiary/aromatic N) is 4. The fraction of sp³-hybridized carbons (Fsp3) is 0.240. The lowest BCUT2D eigenvalue weighted by molar-refractivity contribution is 0.453. The zero-order chi connectivity index (χ0) is 23.9. The highest BCUT2D eigenvalue weighted by atomic mass is 32.2. The zero-order valence-corrected chi connectivity index (χ0v) is 20.0. The van der Waals surface area contributed by atoms with Gasteiger partial charge in [-0.1, -0.05) is 42.5 Å². The average Bonchev–Trinajstić information content (AvgIpc) is 3.53. The maximum absolute atomic E-state index is 13.0. The van der Waals surface area contributed by atoms with Crippen LogP contribution >= 0.6 is 0 Å². The van der Waals surface area contributed by atoms with Gasteiger partial charge in [0, 0.05) is 24.4 Å². The molecule has 1 fully saturated rings. The average molecular weight is 476 g/mol. The molecule has 1 aliphatic carbocycles. The molecule has 1 N–H and O–H groups in total. The number of benzene rings is 2. The highest BCUT2D eigenvalue weighted by Gasteiger charge is 2.34. The van der Waals surface area contributed by atoms with E-state index in [9.17, 15) is 8.42 Å². The van der Waals surface area contributed by atoms with Gasteiger partial charge in [-0.2, -0.15) is 10.1 Å². The van der Waals surface area contributed by atoms with E-state index in [1.165, 1.54) is 17.1 Å². The van der Waals surface area contributed by atoms with E-state index in [0.717, 1.165) is 35.1 Å². The minimum Gasteiger partial charge on any atom is -0.438 e. The summed E-state index contributed by atoms with van der Waals surface area (Å²) >= 11 is 0. The predicted molar refractivity (Wildman–Crippen MR) is 129 cm³/mol. The van der Waals surface area contributed by atoms with Crippen LogP contribution in [0, 0.1) is 13.8 Å². The van der Waals surface area contributed by atoms with E-state index in [4.69, 9.17) is 9.72 Å². The summed E-state index contributed by atoms with van der Waals surface area (Å²) in [6.07, 6.45) is 4.72. The Morgan fingerprint density at radius 2 is 1.71 bits per heavy atom. The second-order valence-corrected chi connectivity index (χ2v) is 10.2. The van der Waals surface area contributed by atoms with Gasteiger partial charge < -0.3 is 4.74 Å². The lowest BCUT2D eigenvalue weighted by Gasteiger charge is -2.18. The Balaban J connectivity index is 1.67. The van der Waals surface area contributed by atoms with Crippen LogP contribution in [0.2, 0.25) is 0 Å². The van der Waals surface area contributed by atoms with Crippen LogP contribution in [0.3, 0.4) is 0 Å². The summed E-state index contributed by atoms with van der Waals surface area (Å²) in [6.45, 7) is 3.97. The van der Waals surface area contributed by atoms with Crippen LogP contribution in [0.4, 0.5) is 5.95 Å². The van der Waals surface area contributed by atoms with Gasteiger partial charge in [-0.3, -0.25) is 4.68 Å². The van der Waals surface area contributed by atoms with Crippen molar-refractivity contribution in [1.29, 1.82) is 0 Å². The van der Waals surface area contributed by atoms with Gasteiger partial charge in [-0.25, -0.2) is 18.1 Å². The first-order valence-corrected chi connectivity index (χ1v) is 12.5. The third-order valence-corrected chi connectivity index (χ3v) is 7.10. The minimum absolute atomic E-state index is 0.0312. The van der Waals surface area contributed by atoms with Gasteiger partial charge in [0.2, 0.25) is 11.8 Å². The maximum atomic E-state index is 13.0. The number of hydrogen-bond donors (Lipinski definition) is 1. The van der Waals surface area contributed by atoms with Crippen molar-refractivity contribution in [3.63, 3.8) is 0 Å². The van der Waals surface area contributed by atoms with Gasteiger partial charge in [-0.05, 0) is 49.8 Å². The van der Waals surface area contributed by atoms with E-state index in [2.05, 4.69) is 14.8 Å². The molecule has 1 aliphatic rings. The number of hydrogen-bond acceptors (Lipinski definition) is 6. The number of rotatable bonds is 7. The lowest BCUT2D eigenvalue weighted by Crippen LogP contribution is -2.16. The Hall–Kier alpha value is -3.72. The van der Waals surface area contributed by atoms with Crippen molar-refractivity contribution in [1.82, 2.24) is 19.7 Å². The number of aryl methyl sites for hydroxylation is 3. The molecule has 0 unspecified atom stereocenters. The molecule has 8 nitrogen and oxygen atoms in total. The van der Waals surface area contributed by atoms with Crippen LogP contribution in [0.25, 0.3) is 11.3 Å². The van der Waals surface area contributed by atoms with Gasteiger partial charge in [0.05, 0.1) is 11.9 Å². The summed E-state index contributed by atoms with van der Waals surface area (Å²) in [4.78, 5) is 9.28. The van der Waals surface area contributed by atoms with Crippen molar-refractivity contribution in [2.75, 3.05) is 4.72 Å². The highest BCUT2D eigenvalue weighted by Crippen LogP contribution is 2.49. The van der Waals surface area contributed by atoms with Crippen LogP contribution in [-0.4, -0.2) is 28.2 Å². The van der Waals surface area contributed by atoms with E-state index in [0.29, 0.717) is 17.3 Å². The van der Waals surface area contributed by atoms with E-state index >= 15 is 0 Å². The van der Waals surface area contributed by atoms with Crippen LogP contribution in [0.15, 0.2) is 65.8 Å².